The molecular weight excluding hydrogens is 352 g/mol. The van der Waals surface area contributed by atoms with Crippen LogP contribution < -0.4 is 4.74 Å². The fraction of sp³-hybridized carbons (Fsp3) is 0.294. The molecule has 4 rings (SSSR count). The molecule has 1 aliphatic heterocycles. The van der Waals surface area contributed by atoms with Crippen molar-refractivity contribution in [2.24, 2.45) is 5.16 Å². The molecule has 0 N–H and O–H groups in total. The average molecular weight is 368 g/mol. The summed E-state index contributed by atoms with van der Waals surface area (Å²) in [6.45, 7) is 3.08. The maximum atomic E-state index is 5.53. The lowest BCUT2D eigenvalue weighted by Gasteiger charge is -2.16. The lowest BCUT2D eigenvalue weighted by Crippen LogP contribution is -2.20. The third-order valence-corrected chi connectivity index (χ3v) is 4.65. The van der Waals surface area contributed by atoms with Crippen molar-refractivity contribution < 1.29 is 9.57 Å². The SMILES string of the molecule is CCCO/N=C1\CCOc2nnc(-c3cnc(-c4cccnc4)s3)nc21. The summed E-state index contributed by atoms with van der Waals surface area (Å²) < 4.78 is 5.53. The van der Waals surface area contributed by atoms with Gasteiger partial charge in [-0.3, -0.25) is 4.98 Å². The van der Waals surface area contributed by atoms with Crippen LogP contribution in [0.25, 0.3) is 21.3 Å². The Morgan fingerprint density at radius 1 is 1.31 bits per heavy atom. The number of oxime groups is 1. The van der Waals surface area contributed by atoms with Crippen molar-refractivity contribution in [2.45, 2.75) is 19.8 Å². The van der Waals surface area contributed by atoms with Gasteiger partial charge in [-0.15, -0.1) is 21.5 Å². The summed E-state index contributed by atoms with van der Waals surface area (Å²) in [7, 11) is 0. The lowest BCUT2D eigenvalue weighted by molar-refractivity contribution is 0.143. The second-order valence-corrected chi connectivity index (χ2v) is 6.56. The fourth-order valence-corrected chi connectivity index (χ4v) is 3.21. The van der Waals surface area contributed by atoms with Crippen LogP contribution in [0.15, 0.2) is 35.9 Å². The van der Waals surface area contributed by atoms with E-state index in [1.54, 1.807) is 18.6 Å². The Bertz CT molecular complexity index is 928. The molecule has 0 aromatic carbocycles. The molecule has 0 bridgehead atoms. The summed E-state index contributed by atoms with van der Waals surface area (Å²) >= 11 is 1.48. The van der Waals surface area contributed by atoms with Crippen molar-refractivity contribution in [3.05, 3.63) is 36.4 Å². The molecule has 0 spiro atoms. The minimum atomic E-state index is 0.385. The van der Waals surface area contributed by atoms with Gasteiger partial charge in [-0.05, 0) is 18.6 Å². The van der Waals surface area contributed by atoms with E-state index in [1.165, 1.54) is 11.3 Å². The van der Waals surface area contributed by atoms with E-state index in [2.05, 4.69) is 30.3 Å². The van der Waals surface area contributed by atoms with Crippen LogP contribution >= 0.6 is 11.3 Å². The van der Waals surface area contributed by atoms with Crippen molar-refractivity contribution in [3.63, 3.8) is 0 Å². The summed E-state index contributed by atoms with van der Waals surface area (Å²) in [4.78, 5) is 19.3. The van der Waals surface area contributed by atoms with Crippen LogP contribution in [0.1, 0.15) is 25.5 Å². The molecule has 0 saturated heterocycles. The molecule has 0 aliphatic carbocycles. The molecule has 132 valence electrons. The summed E-state index contributed by atoms with van der Waals surface area (Å²) in [5, 5.41) is 13.4. The fourth-order valence-electron chi connectivity index (χ4n) is 2.37. The van der Waals surface area contributed by atoms with Gasteiger partial charge >= 0.3 is 0 Å². The first kappa shape index (κ1) is 16.5. The molecule has 0 amide bonds. The van der Waals surface area contributed by atoms with Crippen LogP contribution in [0.2, 0.25) is 0 Å². The monoisotopic (exact) mass is 368 g/mol. The first-order valence-electron chi connectivity index (χ1n) is 8.28. The number of pyridine rings is 1. The maximum Gasteiger partial charge on any atom is 0.261 e. The van der Waals surface area contributed by atoms with Gasteiger partial charge in [-0.1, -0.05) is 12.1 Å². The van der Waals surface area contributed by atoms with Gasteiger partial charge < -0.3 is 9.57 Å². The quantitative estimate of drug-likeness (QED) is 0.504. The number of nitrogens with zero attached hydrogens (tertiary/aromatic N) is 6. The molecular formula is C17H16N6O2S. The van der Waals surface area contributed by atoms with Gasteiger partial charge in [0, 0.05) is 30.6 Å². The van der Waals surface area contributed by atoms with E-state index in [-0.39, 0.29) is 0 Å². The largest absolute Gasteiger partial charge is 0.475 e. The van der Waals surface area contributed by atoms with E-state index in [1.807, 2.05) is 19.1 Å². The first-order chi connectivity index (χ1) is 12.8. The van der Waals surface area contributed by atoms with Gasteiger partial charge in [0.25, 0.3) is 5.88 Å². The minimum Gasteiger partial charge on any atom is -0.475 e. The smallest absolute Gasteiger partial charge is 0.261 e. The Balaban J connectivity index is 1.66. The van der Waals surface area contributed by atoms with Crippen molar-refractivity contribution in [2.75, 3.05) is 13.2 Å². The number of fused-ring (bicyclic) bond motifs is 1. The Morgan fingerprint density at radius 3 is 3.12 bits per heavy atom. The summed E-state index contributed by atoms with van der Waals surface area (Å²) in [5.41, 5.74) is 2.26. The van der Waals surface area contributed by atoms with Crippen molar-refractivity contribution in [1.29, 1.82) is 0 Å². The molecule has 0 radical (unpaired) electrons. The van der Waals surface area contributed by atoms with E-state index in [4.69, 9.17) is 9.57 Å². The number of aromatic nitrogens is 5. The van der Waals surface area contributed by atoms with E-state index in [0.29, 0.717) is 37.0 Å². The van der Waals surface area contributed by atoms with Gasteiger partial charge in [0.1, 0.15) is 17.3 Å². The Kier molecular flexibility index (Phi) is 4.78. The second-order valence-electron chi connectivity index (χ2n) is 5.53. The summed E-state index contributed by atoms with van der Waals surface area (Å²) in [6, 6.07) is 3.84. The maximum absolute atomic E-state index is 5.53. The molecule has 3 aromatic heterocycles. The van der Waals surface area contributed by atoms with E-state index in [9.17, 15) is 0 Å². The van der Waals surface area contributed by atoms with Gasteiger partial charge in [0.2, 0.25) is 0 Å². The zero-order valence-electron chi connectivity index (χ0n) is 14.1. The van der Waals surface area contributed by atoms with Crippen LogP contribution in [0, 0.1) is 0 Å². The number of hydrogen-bond donors (Lipinski definition) is 0. The van der Waals surface area contributed by atoms with Crippen LogP contribution in [0.4, 0.5) is 0 Å². The zero-order chi connectivity index (χ0) is 17.8. The standard InChI is InChI=1S/C17H16N6O2S/c1-2-7-25-23-12-5-8-24-16-14(12)20-15(21-22-16)13-10-19-17(26-13)11-4-3-6-18-9-11/h3-4,6,9-10H,2,5,7-8H2,1H3/b23-12+. The van der Waals surface area contributed by atoms with Gasteiger partial charge in [-0.2, -0.15) is 0 Å². The number of hydrogen-bond acceptors (Lipinski definition) is 9. The molecule has 9 heteroatoms. The van der Waals surface area contributed by atoms with E-state index in [0.717, 1.165) is 27.6 Å². The van der Waals surface area contributed by atoms with Crippen LogP contribution in [0.5, 0.6) is 5.88 Å². The topological polar surface area (TPSA) is 95.3 Å². The van der Waals surface area contributed by atoms with Gasteiger partial charge in [-0.25, -0.2) is 9.97 Å². The molecule has 1 aliphatic rings. The third-order valence-electron chi connectivity index (χ3n) is 3.61. The Labute approximate surface area is 154 Å². The highest BCUT2D eigenvalue weighted by molar-refractivity contribution is 7.18. The number of thiazole rings is 1. The minimum absolute atomic E-state index is 0.385. The zero-order valence-corrected chi connectivity index (χ0v) is 14.9. The second kappa shape index (κ2) is 7.52. The number of rotatable bonds is 5. The summed E-state index contributed by atoms with van der Waals surface area (Å²) in [6.07, 6.45) is 6.77. The lowest BCUT2D eigenvalue weighted by atomic mass is 10.2. The molecule has 0 saturated carbocycles. The highest BCUT2D eigenvalue weighted by Gasteiger charge is 2.23. The van der Waals surface area contributed by atoms with E-state index < -0.39 is 0 Å². The highest BCUT2D eigenvalue weighted by atomic mass is 32.1. The van der Waals surface area contributed by atoms with Crippen LogP contribution in [-0.2, 0) is 4.84 Å². The van der Waals surface area contributed by atoms with Gasteiger partial charge in [0.05, 0.1) is 11.5 Å². The van der Waals surface area contributed by atoms with Crippen LogP contribution in [0.3, 0.4) is 0 Å². The van der Waals surface area contributed by atoms with Crippen molar-refractivity contribution in [3.8, 4) is 27.2 Å². The average Bonchev–Trinajstić information content (AvgIpc) is 3.19. The van der Waals surface area contributed by atoms with Crippen molar-refractivity contribution >= 4 is 17.0 Å². The first-order valence-corrected chi connectivity index (χ1v) is 9.10. The molecule has 26 heavy (non-hydrogen) atoms. The molecule has 0 fully saturated rings. The van der Waals surface area contributed by atoms with Gasteiger partial charge in [0.15, 0.2) is 11.5 Å². The molecule has 0 unspecified atom stereocenters. The molecule has 0 atom stereocenters. The van der Waals surface area contributed by atoms with Crippen molar-refractivity contribution in [1.82, 2.24) is 25.1 Å². The highest BCUT2D eigenvalue weighted by Crippen LogP contribution is 2.31. The van der Waals surface area contributed by atoms with Crippen LogP contribution in [-0.4, -0.2) is 44.1 Å². The number of ether oxygens (including phenoxy) is 1. The third kappa shape index (κ3) is 3.38. The summed E-state index contributed by atoms with van der Waals surface area (Å²) in [5.74, 6) is 0.876. The predicted octanol–water partition coefficient (Wildman–Crippen LogP) is 2.97. The Morgan fingerprint density at radius 2 is 2.27 bits per heavy atom. The molecule has 3 aromatic rings. The van der Waals surface area contributed by atoms with E-state index >= 15 is 0 Å². The molecule has 4 heterocycles. The molecule has 8 nitrogen and oxygen atoms in total. The Hall–Kier alpha value is -2.94. The predicted molar refractivity (Wildman–Crippen MR) is 97.1 cm³/mol. The normalized spacial score (nSPS) is 14.7.